The van der Waals surface area contributed by atoms with Gasteiger partial charge >= 0.3 is 5.97 Å². The van der Waals surface area contributed by atoms with E-state index in [4.69, 9.17) is 16.3 Å². The van der Waals surface area contributed by atoms with Gasteiger partial charge in [0.1, 0.15) is 5.56 Å². The highest BCUT2D eigenvalue weighted by Crippen LogP contribution is 2.16. The molecule has 0 radical (unpaired) electrons. The van der Waals surface area contributed by atoms with Gasteiger partial charge in [-0.15, -0.1) is 11.6 Å². The summed E-state index contributed by atoms with van der Waals surface area (Å²) in [7, 11) is 1.76. The van der Waals surface area contributed by atoms with Gasteiger partial charge in [0.15, 0.2) is 0 Å². The summed E-state index contributed by atoms with van der Waals surface area (Å²) < 4.78 is 6.52. The molecule has 1 aromatic heterocycles. The normalized spacial score (nSPS) is 10.3. The summed E-state index contributed by atoms with van der Waals surface area (Å²) in [6.45, 7) is 3.89. The summed E-state index contributed by atoms with van der Waals surface area (Å²) >= 11 is 5.73. The molecule has 78 valence electrons. The Kier molecular flexibility index (Phi) is 3.52. The highest BCUT2D eigenvalue weighted by atomic mass is 35.5. The number of carbonyl (C=O) groups is 1. The summed E-state index contributed by atoms with van der Waals surface area (Å²) in [5.41, 5.74) is 1.84. The zero-order valence-electron chi connectivity index (χ0n) is 8.50. The van der Waals surface area contributed by atoms with Gasteiger partial charge in [-0.1, -0.05) is 0 Å². The summed E-state index contributed by atoms with van der Waals surface area (Å²) in [6, 6.07) is 0. The summed E-state index contributed by atoms with van der Waals surface area (Å²) in [6.07, 6.45) is 0. The lowest BCUT2D eigenvalue weighted by Crippen LogP contribution is -2.08. The quantitative estimate of drug-likeness (QED) is 0.570. The van der Waals surface area contributed by atoms with Crippen LogP contribution in [-0.2, 0) is 17.7 Å². The predicted molar refractivity (Wildman–Crippen MR) is 53.5 cm³/mol. The third-order valence-corrected chi connectivity index (χ3v) is 2.20. The lowest BCUT2D eigenvalue weighted by Gasteiger charge is -2.02. The van der Waals surface area contributed by atoms with Gasteiger partial charge in [0, 0.05) is 7.05 Å². The summed E-state index contributed by atoms with van der Waals surface area (Å²) in [5, 5.41) is 4.12. The minimum Gasteiger partial charge on any atom is -0.462 e. The fourth-order valence-electron chi connectivity index (χ4n) is 1.33. The Morgan fingerprint density at radius 3 is 2.79 bits per heavy atom. The minimum atomic E-state index is -0.353. The number of halogens is 1. The van der Waals surface area contributed by atoms with Gasteiger partial charge < -0.3 is 4.74 Å². The molecule has 0 aliphatic carbocycles. The average Bonchev–Trinajstić information content (AvgIpc) is 2.40. The zero-order chi connectivity index (χ0) is 10.7. The van der Waals surface area contributed by atoms with Gasteiger partial charge in [-0.2, -0.15) is 5.10 Å². The molecular weight excluding hydrogens is 204 g/mol. The van der Waals surface area contributed by atoms with E-state index in [1.54, 1.807) is 25.6 Å². The molecule has 0 saturated carbocycles. The second kappa shape index (κ2) is 4.46. The van der Waals surface area contributed by atoms with E-state index in [1.165, 1.54) is 0 Å². The second-order valence-corrected chi connectivity index (χ2v) is 3.15. The van der Waals surface area contributed by atoms with Gasteiger partial charge in [0.05, 0.1) is 23.9 Å². The first-order valence-corrected chi connectivity index (χ1v) is 4.90. The highest BCUT2D eigenvalue weighted by Gasteiger charge is 2.20. The van der Waals surface area contributed by atoms with E-state index in [9.17, 15) is 4.79 Å². The van der Waals surface area contributed by atoms with Crippen molar-refractivity contribution in [3.8, 4) is 0 Å². The molecule has 1 rings (SSSR count). The maximum absolute atomic E-state index is 11.5. The van der Waals surface area contributed by atoms with Crippen molar-refractivity contribution in [2.45, 2.75) is 19.7 Å². The smallest absolute Gasteiger partial charge is 0.341 e. The molecule has 0 aliphatic heterocycles. The van der Waals surface area contributed by atoms with Crippen LogP contribution in [0.5, 0.6) is 0 Å². The molecule has 5 heteroatoms. The zero-order valence-corrected chi connectivity index (χ0v) is 9.26. The van der Waals surface area contributed by atoms with Gasteiger partial charge in [0.25, 0.3) is 0 Å². The van der Waals surface area contributed by atoms with Crippen molar-refractivity contribution in [1.29, 1.82) is 0 Å². The average molecular weight is 217 g/mol. The number of ether oxygens (including phenoxy) is 1. The number of hydrogen-bond acceptors (Lipinski definition) is 3. The maximum Gasteiger partial charge on any atom is 0.341 e. The van der Waals surface area contributed by atoms with E-state index < -0.39 is 0 Å². The highest BCUT2D eigenvalue weighted by molar-refractivity contribution is 6.17. The van der Waals surface area contributed by atoms with Crippen molar-refractivity contribution < 1.29 is 9.53 Å². The molecule has 0 aliphatic rings. The first kappa shape index (κ1) is 11.0. The van der Waals surface area contributed by atoms with E-state index >= 15 is 0 Å². The molecule has 1 heterocycles. The van der Waals surface area contributed by atoms with Crippen LogP contribution in [-0.4, -0.2) is 22.4 Å². The molecule has 14 heavy (non-hydrogen) atoms. The van der Waals surface area contributed by atoms with Gasteiger partial charge in [0.2, 0.25) is 0 Å². The number of carbonyl (C=O) groups excluding carboxylic acids is 1. The van der Waals surface area contributed by atoms with Crippen molar-refractivity contribution in [2.24, 2.45) is 7.05 Å². The largest absolute Gasteiger partial charge is 0.462 e. The first-order chi connectivity index (χ1) is 6.61. The number of rotatable bonds is 3. The van der Waals surface area contributed by atoms with Crippen LogP contribution < -0.4 is 0 Å². The fourth-order valence-corrected chi connectivity index (χ4v) is 1.63. The van der Waals surface area contributed by atoms with Crippen LogP contribution in [0.3, 0.4) is 0 Å². The fraction of sp³-hybridized carbons (Fsp3) is 0.556. The predicted octanol–water partition coefficient (Wildman–Crippen LogP) is 1.64. The Morgan fingerprint density at radius 1 is 1.64 bits per heavy atom. The molecule has 0 aromatic carbocycles. The minimum absolute atomic E-state index is 0.255. The van der Waals surface area contributed by atoms with Crippen molar-refractivity contribution in [3.63, 3.8) is 0 Å². The topological polar surface area (TPSA) is 44.1 Å². The van der Waals surface area contributed by atoms with E-state index in [0.717, 1.165) is 0 Å². The Balaban J connectivity index is 3.11. The van der Waals surface area contributed by atoms with E-state index in [2.05, 4.69) is 5.10 Å². The van der Waals surface area contributed by atoms with Gasteiger partial charge in [-0.05, 0) is 13.8 Å². The molecule has 0 amide bonds. The standard InChI is InChI=1S/C9H13ClN2O2/c1-4-14-9(13)8-6(2)11-12(3)7(8)5-10/h4-5H2,1-3H3. The number of nitrogens with zero attached hydrogens (tertiary/aromatic N) is 2. The Hall–Kier alpha value is -1.03. The Labute approximate surface area is 87.8 Å². The SMILES string of the molecule is CCOC(=O)c1c(C)nn(C)c1CCl. The molecule has 0 atom stereocenters. The molecule has 4 nitrogen and oxygen atoms in total. The number of esters is 1. The van der Waals surface area contributed by atoms with E-state index in [1.807, 2.05) is 0 Å². The summed E-state index contributed by atoms with van der Waals surface area (Å²) in [5.74, 6) is -0.0976. The molecule has 0 N–H and O–H groups in total. The Bertz CT molecular complexity index is 347. The van der Waals surface area contributed by atoms with Gasteiger partial charge in [-0.3, -0.25) is 4.68 Å². The van der Waals surface area contributed by atoms with Crippen LogP contribution in [0.15, 0.2) is 0 Å². The lowest BCUT2D eigenvalue weighted by molar-refractivity contribution is 0.0524. The molecule has 0 unspecified atom stereocenters. The van der Waals surface area contributed by atoms with Crippen molar-refractivity contribution >= 4 is 17.6 Å². The van der Waals surface area contributed by atoms with Crippen LogP contribution >= 0.6 is 11.6 Å². The first-order valence-electron chi connectivity index (χ1n) is 4.37. The van der Waals surface area contributed by atoms with Crippen LogP contribution in [0.4, 0.5) is 0 Å². The molecular formula is C9H13ClN2O2. The number of hydrogen-bond donors (Lipinski definition) is 0. The molecule has 0 fully saturated rings. The molecule has 0 bridgehead atoms. The number of aromatic nitrogens is 2. The third-order valence-electron chi connectivity index (χ3n) is 1.95. The molecule has 1 aromatic rings. The number of aryl methyl sites for hydroxylation is 2. The summed E-state index contributed by atoms with van der Waals surface area (Å²) in [4.78, 5) is 11.5. The van der Waals surface area contributed by atoms with Crippen LogP contribution in [0.25, 0.3) is 0 Å². The number of alkyl halides is 1. The third kappa shape index (κ3) is 1.90. The van der Waals surface area contributed by atoms with Crippen molar-refractivity contribution in [3.05, 3.63) is 17.0 Å². The van der Waals surface area contributed by atoms with E-state index in [0.29, 0.717) is 23.6 Å². The van der Waals surface area contributed by atoms with Crippen LogP contribution in [0, 0.1) is 6.92 Å². The Morgan fingerprint density at radius 2 is 2.29 bits per heavy atom. The van der Waals surface area contributed by atoms with Crippen LogP contribution in [0.2, 0.25) is 0 Å². The van der Waals surface area contributed by atoms with Crippen LogP contribution in [0.1, 0.15) is 28.7 Å². The molecule has 0 saturated heterocycles. The maximum atomic E-state index is 11.5. The second-order valence-electron chi connectivity index (χ2n) is 2.88. The van der Waals surface area contributed by atoms with Gasteiger partial charge in [-0.25, -0.2) is 4.79 Å². The van der Waals surface area contributed by atoms with Crippen molar-refractivity contribution in [2.75, 3.05) is 6.61 Å². The van der Waals surface area contributed by atoms with E-state index in [-0.39, 0.29) is 11.8 Å². The molecule has 0 spiro atoms. The lowest BCUT2D eigenvalue weighted by atomic mass is 10.2. The monoisotopic (exact) mass is 216 g/mol. The van der Waals surface area contributed by atoms with Crippen molar-refractivity contribution in [1.82, 2.24) is 9.78 Å².